The Balaban J connectivity index is 2.58. The minimum absolute atomic E-state index is 0.0424. The van der Waals surface area contributed by atoms with E-state index in [9.17, 15) is 24.0 Å². The van der Waals surface area contributed by atoms with Crippen molar-refractivity contribution >= 4 is 29.5 Å². The highest BCUT2D eigenvalue weighted by Crippen LogP contribution is 2.16. The molecule has 0 spiro atoms. The van der Waals surface area contributed by atoms with Crippen LogP contribution in [0.4, 0.5) is 4.79 Å². The fraction of sp³-hybridized carbons (Fsp3) is 0.676. The molecule has 49 heavy (non-hydrogen) atoms. The van der Waals surface area contributed by atoms with Gasteiger partial charge in [-0.3, -0.25) is 19.2 Å². The summed E-state index contributed by atoms with van der Waals surface area (Å²) in [6.07, 6.45) is 0.862. The van der Waals surface area contributed by atoms with E-state index >= 15 is 0 Å². The van der Waals surface area contributed by atoms with Gasteiger partial charge in [0.25, 0.3) is 5.91 Å². The number of carbonyl (C=O) groups is 5. The van der Waals surface area contributed by atoms with Crippen LogP contribution in [0.25, 0.3) is 10.4 Å². The van der Waals surface area contributed by atoms with Crippen LogP contribution in [0.3, 0.4) is 0 Å². The topological polar surface area (TPSA) is 207 Å². The van der Waals surface area contributed by atoms with Gasteiger partial charge in [0.05, 0.1) is 19.3 Å². The predicted octanol–water partition coefficient (Wildman–Crippen LogP) is 5.02. The number of azide groups is 1. The fourth-order valence-corrected chi connectivity index (χ4v) is 4.02. The van der Waals surface area contributed by atoms with Gasteiger partial charge < -0.3 is 34.9 Å². The molecule has 0 aliphatic heterocycles. The van der Waals surface area contributed by atoms with Gasteiger partial charge in [-0.2, -0.15) is 0 Å². The average Bonchev–Trinajstić information content (AvgIpc) is 3.02. The smallest absolute Gasteiger partial charge is 0.408 e. The van der Waals surface area contributed by atoms with Crippen LogP contribution in [0.15, 0.2) is 29.4 Å². The van der Waals surface area contributed by atoms with Crippen molar-refractivity contribution in [2.24, 2.45) is 10.5 Å². The number of benzene rings is 1. The van der Waals surface area contributed by atoms with E-state index in [1.807, 2.05) is 0 Å². The zero-order valence-corrected chi connectivity index (χ0v) is 30.0. The van der Waals surface area contributed by atoms with Gasteiger partial charge >= 0.3 is 6.09 Å². The quantitative estimate of drug-likeness (QED) is 0.0609. The first-order valence-electron chi connectivity index (χ1n) is 16.6. The summed E-state index contributed by atoms with van der Waals surface area (Å²) in [7, 11) is 0. The maximum absolute atomic E-state index is 13.0. The molecule has 3 N–H and O–H groups in total. The Kier molecular flexibility index (Phi) is 19.6. The molecule has 1 aromatic carbocycles. The van der Waals surface area contributed by atoms with Crippen LogP contribution in [-0.2, 0) is 28.6 Å². The number of hydrogen-bond acceptors (Lipinski definition) is 10. The number of rotatable bonds is 23. The molecule has 0 aliphatic rings. The predicted molar refractivity (Wildman–Crippen MR) is 183 cm³/mol. The second-order valence-electron chi connectivity index (χ2n) is 13.3. The van der Waals surface area contributed by atoms with Gasteiger partial charge in [0.15, 0.2) is 17.8 Å². The first-order valence-corrected chi connectivity index (χ1v) is 16.6. The fourth-order valence-electron chi connectivity index (χ4n) is 4.02. The Hall–Kier alpha value is -4.20. The minimum atomic E-state index is -0.961. The van der Waals surface area contributed by atoms with E-state index in [2.05, 4.69) is 26.0 Å². The summed E-state index contributed by atoms with van der Waals surface area (Å²) in [5, 5.41) is 11.8. The maximum Gasteiger partial charge on any atom is 0.408 e. The van der Waals surface area contributed by atoms with Gasteiger partial charge in [0, 0.05) is 41.8 Å². The lowest BCUT2D eigenvalue weighted by molar-refractivity contribution is -0.132. The Morgan fingerprint density at radius 2 is 1.67 bits per heavy atom. The normalized spacial score (nSPS) is 12.6. The number of alkyl carbamates (subject to hydrolysis) is 1. The molecule has 1 unspecified atom stereocenters. The molecule has 0 radical (unpaired) electrons. The third-order valence-corrected chi connectivity index (χ3v) is 6.80. The number of nitrogens with one attached hydrogen (secondary N) is 3. The van der Waals surface area contributed by atoms with Crippen LogP contribution in [0.5, 0.6) is 5.75 Å². The van der Waals surface area contributed by atoms with Crippen LogP contribution in [0, 0.1) is 5.41 Å². The zero-order valence-electron chi connectivity index (χ0n) is 30.0. The van der Waals surface area contributed by atoms with Crippen molar-refractivity contribution in [2.75, 3.05) is 39.5 Å². The summed E-state index contributed by atoms with van der Waals surface area (Å²) >= 11 is 0. The average molecular weight is 691 g/mol. The Bertz CT molecular complexity index is 1270. The van der Waals surface area contributed by atoms with E-state index in [1.54, 1.807) is 66.7 Å². The Morgan fingerprint density at radius 3 is 2.33 bits per heavy atom. The van der Waals surface area contributed by atoms with Crippen LogP contribution >= 0.6 is 0 Å². The highest BCUT2D eigenvalue weighted by Gasteiger charge is 2.24. The van der Waals surface area contributed by atoms with Gasteiger partial charge in [-0.15, -0.1) is 0 Å². The molecule has 0 heterocycles. The van der Waals surface area contributed by atoms with Crippen molar-refractivity contribution in [3.63, 3.8) is 0 Å². The number of ketones is 2. The van der Waals surface area contributed by atoms with E-state index in [-0.39, 0.29) is 62.8 Å². The Labute approximate surface area is 289 Å². The Morgan fingerprint density at radius 1 is 0.959 bits per heavy atom. The van der Waals surface area contributed by atoms with Crippen molar-refractivity contribution in [1.29, 1.82) is 0 Å². The van der Waals surface area contributed by atoms with Gasteiger partial charge in [0.2, 0.25) is 5.91 Å². The van der Waals surface area contributed by atoms with E-state index in [0.29, 0.717) is 50.0 Å². The first kappa shape index (κ1) is 42.8. The highest BCUT2D eigenvalue weighted by atomic mass is 16.6. The van der Waals surface area contributed by atoms with Gasteiger partial charge in [0.1, 0.15) is 24.6 Å². The number of carbonyl (C=O) groups excluding carboxylic acids is 5. The second-order valence-corrected chi connectivity index (χ2v) is 13.3. The molecule has 0 saturated carbocycles. The maximum atomic E-state index is 13.0. The zero-order chi connectivity index (χ0) is 36.9. The molecule has 0 saturated heterocycles. The molecule has 274 valence electrons. The molecule has 0 aromatic heterocycles. The number of nitrogens with zero attached hydrogens (tertiary/aromatic N) is 3. The first-order chi connectivity index (χ1) is 23.1. The van der Waals surface area contributed by atoms with Crippen LogP contribution in [0.1, 0.15) is 97.3 Å². The molecule has 0 fully saturated rings. The minimum Gasteiger partial charge on any atom is -0.491 e. The number of unbranched alkanes of at least 4 members (excludes halogenated alkanes) is 1. The van der Waals surface area contributed by atoms with E-state index < -0.39 is 29.4 Å². The molecule has 15 nitrogen and oxygen atoms in total. The molecule has 2 atom stereocenters. The van der Waals surface area contributed by atoms with Crippen LogP contribution in [0.2, 0.25) is 0 Å². The van der Waals surface area contributed by atoms with Gasteiger partial charge in [-0.25, -0.2) is 4.79 Å². The molecule has 3 amide bonds. The molecule has 1 rings (SSSR count). The van der Waals surface area contributed by atoms with Crippen LogP contribution in [-0.4, -0.2) is 86.9 Å². The standard InChI is InChI=1S/C34H54N6O9/c1-8-29(43)36-17-10-9-15-26(38-32(45)49-34(5,6)7)27(41)16-12-18-37-31(44)24-13-11-14-25(21-24)48-23-30(39-40-35)47-20-19-46-22-28(42)33(2,3)4/h11,13-14,21,26,30H,8-10,12,15-20,22-23H2,1-7H3,(H,36,43)(H,37,44)(H,38,45)/t26-,30?/m0/s1. The highest BCUT2D eigenvalue weighted by molar-refractivity contribution is 5.94. The third kappa shape index (κ3) is 20.0. The number of Topliss-reactive ketones (excluding diaryl/α,β-unsaturated/α-hetero) is 2. The van der Waals surface area contributed by atoms with E-state index in [0.717, 1.165) is 0 Å². The third-order valence-electron chi connectivity index (χ3n) is 6.80. The van der Waals surface area contributed by atoms with Crippen molar-refractivity contribution in [1.82, 2.24) is 16.0 Å². The summed E-state index contributed by atoms with van der Waals surface area (Å²) in [5.41, 5.74) is 7.97. The van der Waals surface area contributed by atoms with Gasteiger partial charge in [-0.05, 0) is 70.2 Å². The molecular weight excluding hydrogens is 636 g/mol. The summed E-state index contributed by atoms with van der Waals surface area (Å²) in [4.78, 5) is 64.4. The second kappa shape index (κ2) is 22.4. The monoisotopic (exact) mass is 690 g/mol. The summed E-state index contributed by atoms with van der Waals surface area (Å²) < 4.78 is 21.9. The van der Waals surface area contributed by atoms with Gasteiger partial charge in [-0.1, -0.05) is 38.9 Å². The van der Waals surface area contributed by atoms with Crippen molar-refractivity contribution in [2.45, 2.75) is 105 Å². The van der Waals surface area contributed by atoms with Crippen molar-refractivity contribution in [3.05, 3.63) is 40.3 Å². The molecular formula is C34H54N6O9. The molecule has 1 aromatic rings. The van der Waals surface area contributed by atoms with E-state index in [1.165, 1.54) is 6.07 Å². The molecule has 0 bridgehead atoms. The largest absolute Gasteiger partial charge is 0.491 e. The summed E-state index contributed by atoms with van der Waals surface area (Å²) in [5.74, 6) is -0.300. The lowest BCUT2D eigenvalue weighted by atomic mass is 9.91. The van der Waals surface area contributed by atoms with Crippen LogP contribution < -0.4 is 20.7 Å². The summed E-state index contributed by atoms with van der Waals surface area (Å²) in [6, 6.07) is 5.65. The van der Waals surface area contributed by atoms with Crippen molar-refractivity contribution in [3.8, 4) is 5.75 Å². The molecule has 15 heteroatoms. The summed E-state index contributed by atoms with van der Waals surface area (Å²) in [6.45, 7) is 13.1. The number of ether oxygens (including phenoxy) is 4. The SMILES string of the molecule is CCC(=O)NCCCC[C@H](NC(=O)OC(C)(C)C)C(=O)CCCNC(=O)c1cccc(OCC(N=[N+]=[N-])OCCOCC(=O)C(C)(C)C)c1. The number of amides is 3. The van der Waals surface area contributed by atoms with Crippen molar-refractivity contribution < 1.29 is 42.9 Å². The number of hydrogen-bond donors (Lipinski definition) is 3. The molecule has 0 aliphatic carbocycles. The lowest BCUT2D eigenvalue weighted by Gasteiger charge is -2.23. The van der Waals surface area contributed by atoms with E-state index in [4.69, 9.17) is 24.5 Å². The lowest BCUT2D eigenvalue weighted by Crippen LogP contribution is -2.43.